The van der Waals surface area contributed by atoms with Crippen molar-refractivity contribution in [3.8, 4) is 11.3 Å². The molecule has 2 amide bonds. The lowest BCUT2D eigenvalue weighted by Gasteiger charge is -2.11. The fourth-order valence-corrected chi connectivity index (χ4v) is 2.54. The first-order chi connectivity index (χ1) is 9.70. The van der Waals surface area contributed by atoms with Gasteiger partial charge in [0.2, 0.25) is 0 Å². The lowest BCUT2D eigenvalue weighted by molar-refractivity contribution is 0.239. The molecule has 2 aromatic rings. The van der Waals surface area contributed by atoms with Gasteiger partial charge in [-0.2, -0.15) is 0 Å². The van der Waals surface area contributed by atoms with E-state index >= 15 is 0 Å². The molecule has 0 aliphatic rings. The standard InChI is InChI=1S/C15H17N3OS/c1-3-9-16-15(19)17-11(2)14-18-13(10-20-14)12-7-5-4-6-8-12/h3-8,10-11H,1,9H2,2H3,(H2,16,17,19). The van der Waals surface area contributed by atoms with Gasteiger partial charge in [-0.15, -0.1) is 17.9 Å². The van der Waals surface area contributed by atoms with Crippen molar-refractivity contribution in [1.82, 2.24) is 15.6 Å². The zero-order chi connectivity index (χ0) is 14.4. The van der Waals surface area contributed by atoms with Crippen LogP contribution in [0.1, 0.15) is 18.0 Å². The van der Waals surface area contributed by atoms with E-state index in [2.05, 4.69) is 22.2 Å². The molecule has 0 bridgehead atoms. The quantitative estimate of drug-likeness (QED) is 0.829. The predicted molar refractivity (Wildman–Crippen MR) is 82.7 cm³/mol. The van der Waals surface area contributed by atoms with Gasteiger partial charge in [-0.05, 0) is 6.92 Å². The van der Waals surface area contributed by atoms with Crippen LogP contribution >= 0.6 is 11.3 Å². The first kappa shape index (κ1) is 14.3. The highest BCUT2D eigenvalue weighted by atomic mass is 32.1. The van der Waals surface area contributed by atoms with Gasteiger partial charge in [-0.25, -0.2) is 9.78 Å². The van der Waals surface area contributed by atoms with Crippen LogP contribution in [0.5, 0.6) is 0 Å². The number of urea groups is 1. The molecule has 1 aromatic carbocycles. The van der Waals surface area contributed by atoms with Crippen LogP contribution in [0, 0.1) is 0 Å². The zero-order valence-corrected chi connectivity index (χ0v) is 12.1. The van der Waals surface area contributed by atoms with Gasteiger partial charge in [0.15, 0.2) is 0 Å². The number of carbonyl (C=O) groups excluding carboxylic acids is 1. The number of amides is 2. The molecule has 0 aliphatic heterocycles. The maximum atomic E-state index is 11.6. The highest BCUT2D eigenvalue weighted by Crippen LogP contribution is 2.25. The summed E-state index contributed by atoms with van der Waals surface area (Å²) in [6, 6.07) is 9.65. The molecule has 1 aromatic heterocycles. The molecular weight excluding hydrogens is 270 g/mol. The van der Waals surface area contributed by atoms with E-state index in [9.17, 15) is 4.79 Å². The number of hydrogen-bond donors (Lipinski definition) is 2. The first-order valence-corrected chi connectivity index (χ1v) is 7.24. The second-order valence-corrected chi connectivity index (χ2v) is 5.19. The molecule has 0 saturated carbocycles. The lowest BCUT2D eigenvalue weighted by Crippen LogP contribution is -2.36. The Morgan fingerprint density at radius 3 is 2.90 bits per heavy atom. The third kappa shape index (κ3) is 3.68. The number of thiazole rings is 1. The molecule has 0 radical (unpaired) electrons. The van der Waals surface area contributed by atoms with Crippen molar-refractivity contribution in [1.29, 1.82) is 0 Å². The van der Waals surface area contributed by atoms with Crippen molar-refractivity contribution in [2.75, 3.05) is 6.54 Å². The maximum absolute atomic E-state index is 11.6. The molecule has 1 heterocycles. The van der Waals surface area contributed by atoms with Crippen molar-refractivity contribution in [3.63, 3.8) is 0 Å². The Morgan fingerprint density at radius 2 is 2.20 bits per heavy atom. The van der Waals surface area contributed by atoms with Gasteiger partial charge in [-0.1, -0.05) is 36.4 Å². The highest BCUT2D eigenvalue weighted by Gasteiger charge is 2.13. The molecule has 0 fully saturated rings. The van der Waals surface area contributed by atoms with Crippen molar-refractivity contribution < 1.29 is 4.79 Å². The van der Waals surface area contributed by atoms with Crippen LogP contribution in [0.3, 0.4) is 0 Å². The number of aromatic nitrogens is 1. The van der Waals surface area contributed by atoms with Crippen molar-refractivity contribution in [3.05, 3.63) is 53.4 Å². The van der Waals surface area contributed by atoms with E-state index in [0.29, 0.717) is 6.54 Å². The fraction of sp³-hybridized carbons (Fsp3) is 0.200. The van der Waals surface area contributed by atoms with Crippen molar-refractivity contribution in [2.24, 2.45) is 0 Å². The summed E-state index contributed by atoms with van der Waals surface area (Å²) in [7, 11) is 0. The van der Waals surface area contributed by atoms with Crippen molar-refractivity contribution in [2.45, 2.75) is 13.0 Å². The summed E-state index contributed by atoms with van der Waals surface area (Å²) in [5, 5.41) is 8.42. The van der Waals surface area contributed by atoms with Gasteiger partial charge in [0.25, 0.3) is 0 Å². The number of nitrogens with zero attached hydrogens (tertiary/aromatic N) is 1. The van der Waals surface area contributed by atoms with Crippen LogP contribution in [0.25, 0.3) is 11.3 Å². The number of nitrogens with one attached hydrogen (secondary N) is 2. The summed E-state index contributed by atoms with van der Waals surface area (Å²) in [5.41, 5.74) is 2.02. The number of hydrogen-bond acceptors (Lipinski definition) is 3. The molecule has 0 aliphatic carbocycles. The molecule has 1 atom stereocenters. The first-order valence-electron chi connectivity index (χ1n) is 6.37. The van der Waals surface area contributed by atoms with E-state index < -0.39 is 0 Å². The Bertz CT molecular complexity index is 580. The Balaban J connectivity index is 2.01. The third-order valence-electron chi connectivity index (χ3n) is 2.72. The Kier molecular flexibility index (Phi) is 4.90. The van der Waals surface area contributed by atoms with Gasteiger partial charge in [-0.3, -0.25) is 0 Å². The molecule has 104 valence electrons. The number of rotatable bonds is 5. The summed E-state index contributed by atoms with van der Waals surface area (Å²) in [6.45, 7) is 5.92. The molecule has 20 heavy (non-hydrogen) atoms. The smallest absolute Gasteiger partial charge is 0.315 e. The normalized spacial score (nSPS) is 11.7. The molecule has 1 unspecified atom stereocenters. The minimum Gasteiger partial charge on any atom is -0.335 e. The molecule has 0 saturated heterocycles. The average Bonchev–Trinajstić information content (AvgIpc) is 2.96. The Hall–Kier alpha value is -2.14. The van der Waals surface area contributed by atoms with E-state index in [1.54, 1.807) is 17.4 Å². The van der Waals surface area contributed by atoms with E-state index in [1.165, 1.54) is 0 Å². The Morgan fingerprint density at radius 1 is 1.45 bits per heavy atom. The summed E-state index contributed by atoms with van der Waals surface area (Å²) < 4.78 is 0. The van der Waals surface area contributed by atoms with Crippen molar-refractivity contribution >= 4 is 17.4 Å². The summed E-state index contributed by atoms with van der Waals surface area (Å²) in [4.78, 5) is 16.1. The Labute approximate surface area is 122 Å². The second-order valence-electron chi connectivity index (χ2n) is 4.30. The molecular formula is C15H17N3OS. The number of benzene rings is 1. The van der Waals surface area contributed by atoms with E-state index in [0.717, 1.165) is 16.3 Å². The van der Waals surface area contributed by atoms with Crippen LogP contribution in [0.4, 0.5) is 4.79 Å². The van der Waals surface area contributed by atoms with Gasteiger partial charge < -0.3 is 10.6 Å². The predicted octanol–water partition coefficient (Wildman–Crippen LogP) is 3.36. The van der Waals surface area contributed by atoms with Gasteiger partial charge >= 0.3 is 6.03 Å². The van der Waals surface area contributed by atoms with Crippen LogP contribution in [-0.4, -0.2) is 17.6 Å². The minimum atomic E-state index is -0.214. The maximum Gasteiger partial charge on any atom is 0.315 e. The number of carbonyl (C=O) groups is 1. The minimum absolute atomic E-state index is 0.123. The molecule has 5 heteroatoms. The van der Waals surface area contributed by atoms with Crippen LogP contribution in [-0.2, 0) is 0 Å². The SMILES string of the molecule is C=CCNC(=O)NC(C)c1nc(-c2ccccc2)cs1. The van der Waals surface area contributed by atoms with E-state index in [4.69, 9.17) is 0 Å². The van der Waals surface area contributed by atoms with Crippen LogP contribution in [0.2, 0.25) is 0 Å². The summed E-state index contributed by atoms with van der Waals surface area (Å²) in [6.07, 6.45) is 1.64. The van der Waals surface area contributed by atoms with E-state index in [-0.39, 0.29) is 12.1 Å². The van der Waals surface area contributed by atoms with Gasteiger partial charge in [0.1, 0.15) is 5.01 Å². The van der Waals surface area contributed by atoms with Crippen LogP contribution in [0.15, 0.2) is 48.4 Å². The third-order valence-corrected chi connectivity index (χ3v) is 3.74. The average molecular weight is 287 g/mol. The molecule has 0 spiro atoms. The van der Waals surface area contributed by atoms with Gasteiger partial charge in [0, 0.05) is 17.5 Å². The zero-order valence-electron chi connectivity index (χ0n) is 11.3. The van der Waals surface area contributed by atoms with E-state index in [1.807, 2.05) is 42.6 Å². The van der Waals surface area contributed by atoms with Crippen LogP contribution < -0.4 is 10.6 Å². The van der Waals surface area contributed by atoms with Gasteiger partial charge in [0.05, 0.1) is 11.7 Å². The molecule has 2 rings (SSSR count). The molecule has 4 nitrogen and oxygen atoms in total. The lowest BCUT2D eigenvalue weighted by atomic mass is 10.2. The highest BCUT2D eigenvalue weighted by molar-refractivity contribution is 7.10. The summed E-state index contributed by atoms with van der Waals surface area (Å²) in [5.74, 6) is 0. The molecule has 2 N–H and O–H groups in total. The second kappa shape index (κ2) is 6.86. The monoisotopic (exact) mass is 287 g/mol. The summed E-state index contributed by atoms with van der Waals surface area (Å²) >= 11 is 1.54. The largest absolute Gasteiger partial charge is 0.335 e. The topological polar surface area (TPSA) is 54.0 Å². The fourth-order valence-electron chi connectivity index (χ4n) is 1.70.